The number of nitrogens with one attached hydrogen (secondary N) is 1. The maximum atomic E-state index is 14.1. The van der Waals surface area contributed by atoms with E-state index in [9.17, 15) is 14.0 Å². The number of rotatable bonds is 3. The molecule has 2 amide bonds. The average Bonchev–Trinajstić information content (AvgIpc) is 3.32. The Balaban J connectivity index is 1.60. The zero-order chi connectivity index (χ0) is 21.8. The van der Waals surface area contributed by atoms with Crippen LogP contribution in [-0.2, 0) is 11.3 Å². The van der Waals surface area contributed by atoms with Gasteiger partial charge in [-0.25, -0.2) is 4.39 Å². The van der Waals surface area contributed by atoms with E-state index in [0.717, 1.165) is 24.8 Å². The lowest BCUT2D eigenvalue weighted by molar-refractivity contribution is -0.127. The highest BCUT2D eigenvalue weighted by Crippen LogP contribution is 2.37. The van der Waals surface area contributed by atoms with Gasteiger partial charge in [-0.1, -0.05) is 25.8 Å². The van der Waals surface area contributed by atoms with E-state index < -0.39 is 11.4 Å². The number of halogens is 1. The molecule has 1 N–H and O–H groups in total. The van der Waals surface area contributed by atoms with Gasteiger partial charge in [-0.05, 0) is 43.9 Å². The normalized spacial score (nSPS) is 26.2. The van der Waals surface area contributed by atoms with Crippen molar-refractivity contribution < 1.29 is 18.4 Å². The molecule has 1 saturated carbocycles. The number of aromatic nitrogens is 1. The number of anilines is 1. The zero-order valence-electron chi connectivity index (χ0n) is 17.7. The molecule has 5 rings (SSSR count). The van der Waals surface area contributed by atoms with Crippen molar-refractivity contribution in [1.82, 2.24) is 9.88 Å². The number of fused-ring (bicyclic) bond motifs is 3. The lowest BCUT2D eigenvalue weighted by atomic mass is 9.85. The van der Waals surface area contributed by atoms with Crippen LogP contribution in [0.4, 0.5) is 10.1 Å². The molecule has 0 radical (unpaired) electrons. The molecule has 162 valence electrons. The zero-order valence-corrected chi connectivity index (χ0v) is 17.7. The molecule has 1 aliphatic heterocycles. The molecule has 2 aliphatic rings. The van der Waals surface area contributed by atoms with Crippen LogP contribution in [-0.4, -0.2) is 28.0 Å². The number of nitrogens with zero attached hydrogens (tertiary/aromatic N) is 2. The van der Waals surface area contributed by atoms with E-state index in [2.05, 4.69) is 12.2 Å². The number of hydrogen-bond donors (Lipinski definition) is 1. The summed E-state index contributed by atoms with van der Waals surface area (Å²) < 4.78 is 21.4. The SMILES string of the molecule is C[C@@H]1CCCC[C@H]1NC(=O)[C@]1(C)Cn2c(cc3occc32)C(=O)N1c1cccc(F)c1. The Morgan fingerprint density at radius 1 is 1.23 bits per heavy atom. The number of furan rings is 1. The summed E-state index contributed by atoms with van der Waals surface area (Å²) in [6, 6.07) is 9.40. The molecule has 0 spiro atoms. The smallest absolute Gasteiger partial charge is 0.276 e. The van der Waals surface area contributed by atoms with E-state index in [1.165, 1.54) is 23.5 Å². The van der Waals surface area contributed by atoms with Gasteiger partial charge in [0.1, 0.15) is 17.1 Å². The highest BCUT2D eigenvalue weighted by Gasteiger charge is 2.49. The minimum Gasteiger partial charge on any atom is -0.463 e. The van der Waals surface area contributed by atoms with Crippen LogP contribution in [0.15, 0.2) is 47.1 Å². The van der Waals surface area contributed by atoms with Crippen LogP contribution in [0, 0.1) is 11.7 Å². The molecule has 0 bridgehead atoms. The van der Waals surface area contributed by atoms with E-state index in [-0.39, 0.29) is 24.4 Å². The molecule has 1 aliphatic carbocycles. The maximum absolute atomic E-state index is 14.1. The van der Waals surface area contributed by atoms with Crippen molar-refractivity contribution in [2.75, 3.05) is 4.90 Å². The predicted octanol–water partition coefficient (Wildman–Crippen LogP) is 4.49. The third kappa shape index (κ3) is 3.14. The molecule has 31 heavy (non-hydrogen) atoms. The van der Waals surface area contributed by atoms with Crippen LogP contribution >= 0.6 is 0 Å². The molecule has 6 nitrogen and oxygen atoms in total. The third-order valence-corrected chi connectivity index (χ3v) is 6.89. The first kappa shape index (κ1) is 19.8. The first-order chi connectivity index (χ1) is 14.9. The molecular formula is C24H26FN3O3. The van der Waals surface area contributed by atoms with Crippen molar-refractivity contribution in [2.24, 2.45) is 5.92 Å². The van der Waals surface area contributed by atoms with Gasteiger partial charge in [-0.2, -0.15) is 0 Å². The second-order valence-electron chi connectivity index (χ2n) is 9.02. The van der Waals surface area contributed by atoms with Crippen LogP contribution in [0.3, 0.4) is 0 Å². The summed E-state index contributed by atoms with van der Waals surface area (Å²) in [5, 5.41) is 3.22. The molecular weight excluding hydrogens is 397 g/mol. The third-order valence-electron chi connectivity index (χ3n) is 6.89. The van der Waals surface area contributed by atoms with Gasteiger partial charge in [-0.3, -0.25) is 14.5 Å². The first-order valence-electron chi connectivity index (χ1n) is 10.9. The standard InChI is InChI=1S/C24H26FN3O3/c1-15-6-3-4-9-18(15)26-23(30)24(2)14-27-19-10-11-31-21(19)13-20(27)22(29)28(24)17-8-5-7-16(25)12-17/h5,7-8,10-13,15,18H,3-4,6,9,14H2,1-2H3,(H,26,30)/t15-,18-,24+/m1/s1. The van der Waals surface area contributed by atoms with Gasteiger partial charge in [0, 0.05) is 23.9 Å². The van der Waals surface area contributed by atoms with Gasteiger partial charge in [0.05, 0.1) is 18.3 Å². The highest BCUT2D eigenvalue weighted by molar-refractivity contribution is 6.13. The second kappa shape index (κ2) is 7.25. The first-order valence-corrected chi connectivity index (χ1v) is 10.9. The molecule has 3 heterocycles. The van der Waals surface area contributed by atoms with Crippen LogP contribution in [0.1, 0.15) is 50.0 Å². The topological polar surface area (TPSA) is 67.5 Å². The Morgan fingerprint density at radius 3 is 2.81 bits per heavy atom. The molecule has 3 aromatic rings. The summed E-state index contributed by atoms with van der Waals surface area (Å²) in [5.41, 5.74) is 0.928. The van der Waals surface area contributed by atoms with E-state index in [1.807, 2.05) is 4.57 Å². The van der Waals surface area contributed by atoms with E-state index in [4.69, 9.17) is 4.42 Å². The maximum Gasteiger partial charge on any atom is 0.276 e. The van der Waals surface area contributed by atoms with Gasteiger partial charge in [0.15, 0.2) is 5.58 Å². The number of amides is 2. The number of benzene rings is 1. The largest absolute Gasteiger partial charge is 0.463 e. The fourth-order valence-electron chi connectivity index (χ4n) is 5.09. The fraction of sp³-hybridized carbons (Fsp3) is 0.417. The monoisotopic (exact) mass is 423 g/mol. The van der Waals surface area contributed by atoms with E-state index in [1.54, 1.807) is 37.5 Å². The fourth-order valence-corrected chi connectivity index (χ4v) is 5.09. The molecule has 0 unspecified atom stereocenters. The molecule has 0 saturated heterocycles. The molecule has 7 heteroatoms. The van der Waals surface area contributed by atoms with Crippen LogP contribution in [0.5, 0.6) is 0 Å². The van der Waals surface area contributed by atoms with Crippen molar-refractivity contribution in [3.05, 3.63) is 54.2 Å². The van der Waals surface area contributed by atoms with Gasteiger partial charge >= 0.3 is 0 Å². The predicted molar refractivity (Wildman–Crippen MR) is 115 cm³/mol. The van der Waals surface area contributed by atoms with Gasteiger partial charge in [0.2, 0.25) is 5.91 Å². The summed E-state index contributed by atoms with van der Waals surface area (Å²) in [6.45, 7) is 4.16. The van der Waals surface area contributed by atoms with Gasteiger partial charge in [-0.15, -0.1) is 0 Å². The van der Waals surface area contributed by atoms with E-state index in [0.29, 0.717) is 22.9 Å². The lowest BCUT2D eigenvalue weighted by Gasteiger charge is -2.45. The molecule has 1 fully saturated rings. The number of hydrogen-bond acceptors (Lipinski definition) is 3. The summed E-state index contributed by atoms with van der Waals surface area (Å²) in [4.78, 5) is 28.8. The van der Waals surface area contributed by atoms with Crippen molar-refractivity contribution in [1.29, 1.82) is 0 Å². The van der Waals surface area contributed by atoms with E-state index >= 15 is 0 Å². The van der Waals surface area contributed by atoms with Gasteiger partial charge < -0.3 is 14.3 Å². The number of carbonyl (C=O) groups is 2. The van der Waals surface area contributed by atoms with Crippen molar-refractivity contribution in [2.45, 2.75) is 57.7 Å². The molecule has 1 aromatic carbocycles. The Bertz CT molecular complexity index is 1170. The van der Waals surface area contributed by atoms with Crippen LogP contribution < -0.4 is 10.2 Å². The summed E-state index contributed by atoms with van der Waals surface area (Å²) in [6.07, 6.45) is 5.82. The summed E-state index contributed by atoms with van der Waals surface area (Å²) >= 11 is 0. The Kier molecular flexibility index (Phi) is 4.64. The lowest BCUT2D eigenvalue weighted by Crippen LogP contribution is -2.65. The highest BCUT2D eigenvalue weighted by atomic mass is 19.1. The average molecular weight is 423 g/mol. The molecule has 2 aromatic heterocycles. The van der Waals surface area contributed by atoms with Crippen molar-refractivity contribution in [3.63, 3.8) is 0 Å². The Labute approximate surface area is 180 Å². The van der Waals surface area contributed by atoms with Crippen LogP contribution in [0.2, 0.25) is 0 Å². The van der Waals surface area contributed by atoms with Gasteiger partial charge in [0.25, 0.3) is 5.91 Å². The van der Waals surface area contributed by atoms with Crippen LogP contribution in [0.25, 0.3) is 11.1 Å². The summed E-state index contributed by atoms with van der Waals surface area (Å²) in [7, 11) is 0. The minimum absolute atomic E-state index is 0.0718. The van der Waals surface area contributed by atoms with Crippen molar-refractivity contribution >= 4 is 28.6 Å². The quantitative estimate of drug-likeness (QED) is 0.675. The number of carbonyl (C=O) groups excluding carboxylic acids is 2. The Morgan fingerprint density at radius 2 is 2.03 bits per heavy atom. The summed E-state index contributed by atoms with van der Waals surface area (Å²) in [5.74, 6) is -0.646. The molecule has 3 atom stereocenters. The van der Waals surface area contributed by atoms with Crippen molar-refractivity contribution in [3.8, 4) is 0 Å². The Hall–Kier alpha value is -3.09. The minimum atomic E-state index is -1.22. The second-order valence-corrected chi connectivity index (χ2v) is 9.02.